The zero-order valence-electron chi connectivity index (χ0n) is 14.9. The monoisotopic (exact) mass is 402 g/mol. The Labute approximate surface area is 157 Å². The van der Waals surface area contributed by atoms with E-state index in [2.05, 4.69) is 41.9 Å². The number of hydrogen-bond donors (Lipinski definition) is 0. The number of carbonyl (C=O) groups is 1. The number of benzene rings is 2. The van der Waals surface area contributed by atoms with Gasteiger partial charge in [-0.25, -0.2) is 4.79 Å². The SMILES string of the molecule is COC(=O)c1ccc(CC2(Oc3cc(C)c(Br)c(C)c3)CCC2)cc1. The maximum Gasteiger partial charge on any atom is 0.337 e. The highest BCUT2D eigenvalue weighted by atomic mass is 79.9. The predicted octanol–water partition coefficient (Wildman–Crippen LogP) is 5.40. The van der Waals surface area contributed by atoms with E-state index in [4.69, 9.17) is 9.47 Å². The Morgan fingerprint density at radius 2 is 1.72 bits per heavy atom. The van der Waals surface area contributed by atoms with Crippen molar-refractivity contribution < 1.29 is 14.3 Å². The molecule has 0 amide bonds. The normalized spacial score (nSPS) is 15.4. The Kier molecular flexibility index (Phi) is 5.19. The van der Waals surface area contributed by atoms with Gasteiger partial charge in [0, 0.05) is 10.9 Å². The summed E-state index contributed by atoms with van der Waals surface area (Å²) in [6.45, 7) is 4.17. The lowest BCUT2D eigenvalue weighted by Crippen LogP contribution is -2.45. The van der Waals surface area contributed by atoms with Crippen LogP contribution in [-0.2, 0) is 11.2 Å². The number of aryl methyl sites for hydroxylation is 2. The molecule has 0 unspecified atom stereocenters. The molecule has 1 aliphatic rings. The largest absolute Gasteiger partial charge is 0.487 e. The van der Waals surface area contributed by atoms with Crippen LogP contribution in [0.15, 0.2) is 40.9 Å². The summed E-state index contributed by atoms with van der Waals surface area (Å²) in [4.78, 5) is 11.6. The summed E-state index contributed by atoms with van der Waals surface area (Å²) in [5.41, 5.74) is 3.99. The fraction of sp³-hybridized carbons (Fsp3) is 0.381. The molecule has 1 fully saturated rings. The van der Waals surface area contributed by atoms with Gasteiger partial charge in [-0.1, -0.05) is 28.1 Å². The lowest BCUT2D eigenvalue weighted by atomic mass is 9.75. The molecule has 4 heteroatoms. The molecular weight excluding hydrogens is 380 g/mol. The van der Waals surface area contributed by atoms with E-state index in [1.807, 2.05) is 24.3 Å². The van der Waals surface area contributed by atoms with E-state index >= 15 is 0 Å². The van der Waals surface area contributed by atoms with Gasteiger partial charge in [0.15, 0.2) is 0 Å². The Hall–Kier alpha value is -1.81. The summed E-state index contributed by atoms with van der Waals surface area (Å²) >= 11 is 3.61. The number of esters is 1. The van der Waals surface area contributed by atoms with Gasteiger partial charge in [0.25, 0.3) is 0 Å². The van der Waals surface area contributed by atoms with Crippen molar-refractivity contribution in [2.45, 2.75) is 45.1 Å². The molecule has 0 aliphatic heterocycles. The molecule has 0 atom stereocenters. The molecule has 0 bridgehead atoms. The quantitative estimate of drug-likeness (QED) is 0.628. The van der Waals surface area contributed by atoms with E-state index in [0.717, 1.165) is 29.5 Å². The molecule has 0 N–H and O–H groups in total. The first-order valence-electron chi connectivity index (χ1n) is 8.55. The van der Waals surface area contributed by atoms with Crippen molar-refractivity contribution in [2.75, 3.05) is 7.11 Å². The van der Waals surface area contributed by atoms with Crippen molar-refractivity contribution in [2.24, 2.45) is 0 Å². The molecular formula is C21H23BrO3. The minimum absolute atomic E-state index is 0.139. The molecule has 3 nitrogen and oxygen atoms in total. The minimum atomic E-state index is -0.304. The zero-order chi connectivity index (χ0) is 18.0. The topological polar surface area (TPSA) is 35.5 Å². The molecule has 0 heterocycles. The van der Waals surface area contributed by atoms with Crippen molar-refractivity contribution in [1.29, 1.82) is 0 Å². The molecule has 0 radical (unpaired) electrons. The van der Waals surface area contributed by atoms with E-state index in [1.165, 1.54) is 30.2 Å². The maximum absolute atomic E-state index is 11.6. The number of ether oxygens (including phenoxy) is 2. The fourth-order valence-electron chi connectivity index (χ4n) is 3.35. The van der Waals surface area contributed by atoms with Crippen LogP contribution in [0.25, 0.3) is 0 Å². The fourth-order valence-corrected chi connectivity index (χ4v) is 3.58. The highest BCUT2D eigenvalue weighted by Gasteiger charge is 2.39. The molecule has 1 saturated carbocycles. The van der Waals surface area contributed by atoms with Crippen LogP contribution in [0.4, 0.5) is 0 Å². The van der Waals surface area contributed by atoms with Crippen molar-refractivity contribution >= 4 is 21.9 Å². The van der Waals surface area contributed by atoms with Gasteiger partial charge in [-0.2, -0.15) is 0 Å². The van der Waals surface area contributed by atoms with E-state index < -0.39 is 0 Å². The summed E-state index contributed by atoms with van der Waals surface area (Å²) < 4.78 is 12.3. The van der Waals surface area contributed by atoms with Crippen LogP contribution in [0.2, 0.25) is 0 Å². The van der Waals surface area contributed by atoms with Crippen molar-refractivity contribution in [1.82, 2.24) is 0 Å². The summed E-state index contributed by atoms with van der Waals surface area (Å²) in [6, 6.07) is 11.8. The Bertz CT molecular complexity index is 753. The lowest BCUT2D eigenvalue weighted by molar-refractivity contribution is -0.00671. The molecule has 0 saturated heterocycles. The van der Waals surface area contributed by atoms with Gasteiger partial charge in [-0.05, 0) is 74.1 Å². The Balaban J connectivity index is 1.76. The number of methoxy groups -OCH3 is 1. The lowest BCUT2D eigenvalue weighted by Gasteiger charge is -2.42. The van der Waals surface area contributed by atoms with Gasteiger partial charge in [-0.3, -0.25) is 0 Å². The molecule has 1 aliphatic carbocycles. The summed E-state index contributed by atoms with van der Waals surface area (Å²) in [5, 5.41) is 0. The maximum atomic E-state index is 11.6. The Morgan fingerprint density at radius 1 is 1.12 bits per heavy atom. The van der Waals surface area contributed by atoms with Crippen LogP contribution in [0.1, 0.15) is 46.3 Å². The average molecular weight is 403 g/mol. The van der Waals surface area contributed by atoms with Gasteiger partial charge in [0.05, 0.1) is 12.7 Å². The third kappa shape index (κ3) is 3.90. The molecule has 3 rings (SSSR count). The molecule has 2 aromatic rings. The first kappa shape index (κ1) is 18.0. The second-order valence-corrected chi connectivity index (χ2v) is 7.67. The third-order valence-corrected chi connectivity index (χ3v) is 6.16. The van der Waals surface area contributed by atoms with E-state index in [-0.39, 0.29) is 11.6 Å². The minimum Gasteiger partial charge on any atom is -0.487 e. The van der Waals surface area contributed by atoms with Gasteiger partial charge in [0.1, 0.15) is 11.4 Å². The van der Waals surface area contributed by atoms with Crippen LogP contribution >= 0.6 is 15.9 Å². The van der Waals surface area contributed by atoms with Crippen LogP contribution in [-0.4, -0.2) is 18.7 Å². The first-order valence-corrected chi connectivity index (χ1v) is 9.35. The van der Waals surface area contributed by atoms with Crippen LogP contribution in [0, 0.1) is 13.8 Å². The van der Waals surface area contributed by atoms with Crippen LogP contribution in [0.5, 0.6) is 5.75 Å². The number of carbonyl (C=O) groups excluding carboxylic acids is 1. The highest BCUT2D eigenvalue weighted by molar-refractivity contribution is 9.10. The second-order valence-electron chi connectivity index (χ2n) is 6.87. The highest BCUT2D eigenvalue weighted by Crippen LogP contribution is 2.40. The number of rotatable bonds is 5. The van der Waals surface area contributed by atoms with Crippen molar-refractivity contribution in [3.8, 4) is 5.75 Å². The number of hydrogen-bond acceptors (Lipinski definition) is 3. The van der Waals surface area contributed by atoms with E-state index in [9.17, 15) is 4.79 Å². The predicted molar refractivity (Wildman–Crippen MR) is 102 cm³/mol. The van der Waals surface area contributed by atoms with Crippen molar-refractivity contribution in [3.05, 3.63) is 63.1 Å². The van der Waals surface area contributed by atoms with Gasteiger partial charge in [-0.15, -0.1) is 0 Å². The van der Waals surface area contributed by atoms with Crippen LogP contribution < -0.4 is 4.74 Å². The average Bonchev–Trinajstić information content (AvgIpc) is 2.57. The number of halogens is 1. The van der Waals surface area contributed by atoms with E-state index in [0.29, 0.717) is 5.56 Å². The van der Waals surface area contributed by atoms with Crippen molar-refractivity contribution in [3.63, 3.8) is 0 Å². The third-order valence-electron chi connectivity index (χ3n) is 4.91. The standard InChI is InChI=1S/C21H23BrO3/c1-14-11-18(12-15(2)19(14)22)25-21(9-4-10-21)13-16-5-7-17(8-6-16)20(23)24-3/h5-8,11-12H,4,9-10,13H2,1-3H3. The molecule has 0 spiro atoms. The second kappa shape index (κ2) is 7.20. The Morgan fingerprint density at radius 3 is 2.20 bits per heavy atom. The molecule has 2 aromatic carbocycles. The van der Waals surface area contributed by atoms with E-state index in [1.54, 1.807) is 0 Å². The molecule has 132 valence electrons. The molecule has 0 aromatic heterocycles. The van der Waals surface area contributed by atoms with Crippen LogP contribution in [0.3, 0.4) is 0 Å². The first-order chi connectivity index (χ1) is 11.9. The smallest absolute Gasteiger partial charge is 0.337 e. The summed E-state index contributed by atoms with van der Waals surface area (Å²) in [7, 11) is 1.40. The zero-order valence-corrected chi connectivity index (χ0v) is 16.5. The van der Waals surface area contributed by atoms with Gasteiger partial charge >= 0.3 is 5.97 Å². The summed E-state index contributed by atoms with van der Waals surface area (Å²) in [6.07, 6.45) is 4.15. The van der Waals surface area contributed by atoms with Gasteiger partial charge < -0.3 is 9.47 Å². The molecule has 25 heavy (non-hydrogen) atoms. The van der Waals surface area contributed by atoms with Gasteiger partial charge in [0.2, 0.25) is 0 Å². The summed E-state index contributed by atoms with van der Waals surface area (Å²) in [5.74, 6) is 0.631.